The number of sulfone groups is 1. The van der Waals surface area contributed by atoms with Gasteiger partial charge in [-0.1, -0.05) is 6.92 Å². The predicted octanol–water partition coefficient (Wildman–Crippen LogP) is 0.471. The van der Waals surface area contributed by atoms with Crippen molar-refractivity contribution in [1.82, 2.24) is 4.98 Å². The van der Waals surface area contributed by atoms with Gasteiger partial charge in [0.1, 0.15) is 6.61 Å². The molecule has 1 heterocycles. The lowest BCUT2D eigenvalue weighted by atomic mass is 10.4. The molecule has 0 aromatic carbocycles. The van der Waals surface area contributed by atoms with Crippen LogP contribution in [-0.2, 0) is 21.2 Å². The summed E-state index contributed by atoms with van der Waals surface area (Å²) in [5.74, 6) is 0.0197. The smallest absolute Gasteiger partial charge is 0.404 e. The van der Waals surface area contributed by atoms with E-state index in [9.17, 15) is 13.2 Å². The number of rotatable bonds is 4. The molecule has 2 N–H and O–H groups in total. The Labute approximate surface area is 93.4 Å². The van der Waals surface area contributed by atoms with Crippen molar-refractivity contribution in [3.8, 4) is 0 Å². The predicted molar refractivity (Wildman–Crippen MR) is 56.3 cm³/mol. The molecule has 0 radical (unpaired) electrons. The van der Waals surface area contributed by atoms with Crippen LogP contribution in [0.2, 0.25) is 0 Å². The molecule has 0 aliphatic carbocycles. The van der Waals surface area contributed by atoms with Gasteiger partial charge in [0.05, 0.1) is 16.3 Å². The van der Waals surface area contributed by atoms with Crippen molar-refractivity contribution < 1.29 is 17.9 Å². The van der Waals surface area contributed by atoms with Crippen LogP contribution in [0.15, 0.2) is 23.2 Å². The lowest BCUT2D eigenvalue weighted by Gasteiger charge is -2.03. The third kappa shape index (κ3) is 3.20. The number of primary amides is 1. The molecule has 6 nitrogen and oxygen atoms in total. The average molecular weight is 244 g/mol. The highest BCUT2D eigenvalue weighted by molar-refractivity contribution is 7.91. The van der Waals surface area contributed by atoms with Gasteiger partial charge >= 0.3 is 6.09 Å². The summed E-state index contributed by atoms with van der Waals surface area (Å²) < 4.78 is 27.4. The van der Waals surface area contributed by atoms with E-state index in [2.05, 4.69) is 9.72 Å². The Kier molecular flexibility index (Phi) is 3.83. The minimum atomic E-state index is -3.24. The van der Waals surface area contributed by atoms with Crippen molar-refractivity contribution in [2.75, 3.05) is 5.75 Å². The molecule has 0 atom stereocenters. The molecule has 0 bridgehead atoms. The fraction of sp³-hybridized carbons (Fsp3) is 0.333. The molecule has 1 amide bonds. The first-order valence-electron chi connectivity index (χ1n) is 4.55. The number of carbonyl (C=O) groups excluding carboxylic acids is 1. The SMILES string of the molecule is CCS(=O)(=O)c1ccc(COC(N)=O)nc1. The van der Waals surface area contributed by atoms with Gasteiger partial charge in [-0.2, -0.15) is 0 Å². The molecular weight excluding hydrogens is 232 g/mol. The maximum Gasteiger partial charge on any atom is 0.404 e. The number of hydrogen-bond acceptors (Lipinski definition) is 5. The van der Waals surface area contributed by atoms with E-state index in [1.807, 2.05) is 0 Å². The van der Waals surface area contributed by atoms with Crippen LogP contribution in [0.1, 0.15) is 12.6 Å². The zero-order valence-electron chi connectivity index (χ0n) is 8.71. The van der Waals surface area contributed by atoms with E-state index in [1.54, 1.807) is 6.92 Å². The molecular formula is C9H12N2O4S. The minimum Gasteiger partial charge on any atom is -0.443 e. The van der Waals surface area contributed by atoms with Crippen LogP contribution >= 0.6 is 0 Å². The van der Waals surface area contributed by atoms with Crippen molar-refractivity contribution in [1.29, 1.82) is 0 Å². The number of ether oxygens (including phenoxy) is 1. The topological polar surface area (TPSA) is 99.4 Å². The number of hydrogen-bond donors (Lipinski definition) is 1. The molecule has 88 valence electrons. The summed E-state index contributed by atoms with van der Waals surface area (Å²) in [5.41, 5.74) is 5.21. The van der Waals surface area contributed by atoms with Gasteiger partial charge in [0.15, 0.2) is 9.84 Å². The van der Waals surface area contributed by atoms with Gasteiger partial charge in [-0.25, -0.2) is 13.2 Å². The largest absolute Gasteiger partial charge is 0.443 e. The van der Waals surface area contributed by atoms with Crippen LogP contribution in [0.3, 0.4) is 0 Å². The second-order valence-corrected chi connectivity index (χ2v) is 5.27. The van der Waals surface area contributed by atoms with Gasteiger partial charge in [-0.05, 0) is 12.1 Å². The van der Waals surface area contributed by atoms with Gasteiger partial charge in [-0.3, -0.25) is 4.98 Å². The van der Waals surface area contributed by atoms with E-state index in [0.717, 1.165) is 0 Å². The molecule has 16 heavy (non-hydrogen) atoms. The standard InChI is InChI=1S/C9H12N2O4S/c1-2-16(13,14)8-4-3-7(11-5-8)6-15-9(10)12/h3-5H,2,6H2,1H3,(H2,10,12). The van der Waals surface area contributed by atoms with Crippen LogP contribution in [0.5, 0.6) is 0 Å². The maximum absolute atomic E-state index is 11.4. The van der Waals surface area contributed by atoms with E-state index in [-0.39, 0.29) is 17.3 Å². The summed E-state index contributed by atoms with van der Waals surface area (Å²) in [5, 5.41) is 0. The molecule has 7 heteroatoms. The van der Waals surface area contributed by atoms with Crippen molar-refractivity contribution in [2.24, 2.45) is 5.73 Å². The molecule has 1 aromatic heterocycles. The monoisotopic (exact) mass is 244 g/mol. The number of nitrogens with two attached hydrogens (primary N) is 1. The molecule has 0 aliphatic heterocycles. The lowest BCUT2D eigenvalue weighted by molar-refractivity contribution is 0.149. The average Bonchev–Trinajstić information content (AvgIpc) is 2.27. The quantitative estimate of drug-likeness (QED) is 0.829. The number of carbonyl (C=O) groups is 1. The van der Waals surface area contributed by atoms with Crippen molar-refractivity contribution >= 4 is 15.9 Å². The molecule has 0 aliphatic rings. The van der Waals surface area contributed by atoms with Gasteiger partial charge in [0.25, 0.3) is 0 Å². The third-order valence-corrected chi connectivity index (χ3v) is 3.62. The van der Waals surface area contributed by atoms with E-state index >= 15 is 0 Å². The van der Waals surface area contributed by atoms with Crippen LogP contribution in [0, 0.1) is 0 Å². The van der Waals surface area contributed by atoms with Crippen molar-refractivity contribution in [3.63, 3.8) is 0 Å². The van der Waals surface area contributed by atoms with Gasteiger partial charge < -0.3 is 10.5 Å². The van der Waals surface area contributed by atoms with E-state index in [1.165, 1.54) is 18.3 Å². The fourth-order valence-corrected chi connectivity index (χ4v) is 1.81. The van der Waals surface area contributed by atoms with Gasteiger partial charge in [0, 0.05) is 6.20 Å². The lowest BCUT2D eigenvalue weighted by Crippen LogP contribution is -2.13. The second-order valence-electron chi connectivity index (χ2n) is 3.00. The van der Waals surface area contributed by atoms with E-state index < -0.39 is 15.9 Å². The van der Waals surface area contributed by atoms with Crippen molar-refractivity contribution in [3.05, 3.63) is 24.0 Å². The second kappa shape index (κ2) is 4.93. The summed E-state index contributed by atoms with van der Waals surface area (Å²) in [6.07, 6.45) is 0.338. The number of amides is 1. The highest BCUT2D eigenvalue weighted by Crippen LogP contribution is 2.10. The Morgan fingerprint density at radius 1 is 1.50 bits per heavy atom. The summed E-state index contributed by atoms with van der Waals surface area (Å²) >= 11 is 0. The Morgan fingerprint density at radius 3 is 2.62 bits per heavy atom. The summed E-state index contributed by atoms with van der Waals surface area (Å²) in [6, 6.07) is 2.90. The van der Waals surface area contributed by atoms with Crippen LogP contribution in [0.25, 0.3) is 0 Å². The van der Waals surface area contributed by atoms with Crippen LogP contribution < -0.4 is 5.73 Å². The zero-order chi connectivity index (χ0) is 12.2. The third-order valence-electron chi connectivity index (χ3n) is 1.90. The molecule has 1 rings (SSSR count). The van der Waals surface area contributed by atoms with Gasteiger partial charge in [-0.15, -0.1) is 0 Å². The number of aromatic nitrogens is 1. The van der Waals surface area contributed by atoms with Crippen molar-refractivity contribution in [2.45, 2.75) is 18.4 Å². The Hall–Kier alpha value is -1.63. The van der Waals surface area contributed by atoms with Crippen LogP contribution in [0.4, 0.5) is 4.79 Å². The van der Waals surface area contributed by atoms with Gasteiger partial charge in [0.2, 0.25) is 0 Å². The normalized spacial score (nSPS) is 11.1. The first-order chi connectivity index (χ1) is 7.45. The Morgan fingerprint density at radius 2 is 2.19 bits per heavy atom. The van der Waals surface area contributed by atoms with E-state index in [0.29, 0.717) is 5.69 Å². The number of nitrogens with zero attached hydrogens (tertiary/aromatic N) is 1. The highest BCUT2D eigenvalue weighted by Gasteiger charge is 2.11. The fourth-order valence-electron chi connectivity index (χ4n) is 0.992. The van der Waals surface area contributed by atoms with Crippen LogP contribution in [-0.4, -0.2) is 25.2 Å². The molecule has 0 spiro atoms. The Balaban J connectivity index is 2.80. The first kappa shape index (κ1) is 12.4. The minimum absolute atomic E-state index is 0.0197. The highest BCUT2D eigenvalue weighted by atomic mass is 32.2. The molecule has 0 saturated heterocycles. The summed E-state index contributed by atoms with van der Waals surface area (Å²) in [6.45, 7) is 1.49. The molecule has 0 fully saturated rings. The molecule has 0 saturated carbocycles. The number of pyridine rings is 1. The molecule has 1 aromatic rings. The van der Waals surface area contributed by atoms with E-state index in [4.69, 9.17) is 5.73 Å². The maximum atomic E-state index is 11.4. The Bertz CT molecular complexity index is 467. The first-order valence-corrected chi connectivity index (χ1v) is 6.21. The zero-order valence-corrected chi connectivity index (χ0v) is 9.53. The summed E-state index contributed by atoms with van der Waals surface area (Å²) in [4.78, 5) is 14.3. The molecule has 0 unspecified atom stereocenters. The summed E-state index contributed by atoms with van der Waals surface area (Å²) in [7, 11) is -3.24.